The van der Waals surface area contributed by atoms with E-state index in [1.165, 1.54) is 0 Å². The van der Waals surface area contributed by atoms with Crippen molar-refractivity contribution < 1.29 is 9.59 Å². The Kier molecular flexibility index (Phi) is 6.33. The van der Waals surface area contributed by atoms with Gasteiger partial charge >= 0.3 is 0 Å². The van der Waals surface area contributed by atoms with Gasteiger partial charge in [0.2, 0.25) is 5.91 Å². The highest BCUT2D eigenvalue weighted by molar-refractivity contribution is 5.97. The van der Waals surface area contributed by atoms with Crippen LogP contribution in [0.25, 0.3) is 0 Å². The number of carbonyl (C=O) groups is 2. The molecule has 1 aromatic carbocycles. The summed E-state index contributed by atoms with van der Waals surface area (Å²) in [4.78, 5) is 29.4. The maximum Gasteiger partial charge on any atom is 0.251 e. The van der Waals surface area contributed by atoms with Gasteiger partial charge in [-0.3, -0.25) is 14.6 Å². The number of benzene rings is 1. The summed E-state index contributed by atoms with van der Waals surface area (Å²) in [5, 5.41) is 9.24. The smallest absolute Gasteiger partial charge is 0.251 e. The van der Waals surface area contributed by atoms with Crippen LogP contribution in [0.1, 0.15) is 28.8 Å². The van der Waals surface area contributed by atoms with Crippen molar-refractivity contribution in [3.05, 3.63) is 66.0 Å². The van der Waals surface area contributed by atoms with Gasteiger partial charge in [-0.2, -0.15) is 0 Å². The molecule has 0 bridgehead atoms. The van der Waals surface area contributed by atoms with E-state index in [0.717, 1.165) is 31.5 Å². The third-order valence-corrected chi connectivity index (χ3v) is 4.51. The third-order valence-electron chi connectivity index (χ3n) is 4.51. The highest BCUT2D eigenvalue weighted by atomic mass is 16.2. The average Bonchev–Trinajstić information content (AvgIpc) is 2.69. The van der Waals surface area contributed by atoms with Crippen molar-refractivity contribution in [2.45, 2.75) is 31.3 Å². The predicted molar refractivity (Wildman–Crippen MR) is 99.7 cm³/mol. The van der Waals surface area contributed by atoms with Crippen molar-refractivity contribution in [3.63, 3.8) is 0 Å². The number of nitrogens with zero attached hydrogens (tertiary/aromatic N) is 1. The molecule has 136 valence electrons. The van der Waals surface area contributed by atoms with Crippen LogP contribution in [0.15, 0.2) is 54.9 Å². The molecule has 1 atom stereocenters. The lowest BCUT2D eigenvalue weighted by molar-refractivity contribution is -0.123. The van der Waals surface area contributed by atoms with Gasteiger partial charge in [-0.05, 0) is 49.7 Å². The molecular weight excluding hydrogens is 328 g/mol. The Morgan fingerprint density at radius 1 is 1.12 bits per heavy atom. The Morgan fingerprint density at radius 3 is 2.58 bits per heavy atom. The van der Waals surface area contributed by atoms with Crippen LogP contribution in [0.2, 0.25) is 0 Å². The topological polar surface area (TPSA) is 83.1 Å². The minimum Gasteiger partial charge on any atom is -0.351 e. The van der Waals surface area contributed by atoms with Crippen LogP contribution in [-0.4, -0.2) is 42.0 Å². The number of hydrogen-bond acceptors (Lipinski definition) is 4. The zero-order valence-electron chi connectivity index (χ0n) is 14.7. The van der Waals surface area contributed by atoms with Crippen molar-refractivity contribution in [2.24, 2.45) is 0 Å². The second kappa shape index (κ2) is 9.10. The summed E-state index contributed by atoms with van der Waals surface area (Å²) in [6.07, 6.45) is 5.62. The van der Waals surface area contributed by atoms with Gasteiger partial charge in [0.15, 0.2) is 0 Å². The molecule has 3 rings (SSSR count). The number of rotatable bonds is 6. The molecule has 1 fully saturated rings. The lowest BCUT2D eigenvalue weighted by Crippen LogP contribution is -2.52. The molecule has 1 unspecified atom stereocenters. The highest BCUT2D eigenvalue weighted by Crippen LogP contribution is 2.07. The number of piperidine rings is 1. The quantitative estimate of drug-likeness (QED) is 0.732. The molecule has 26 heavy (non-hydrogen) atoms. The summed E-state index contributed by atoms with van der Waals surface area (Å²) >= 11 is 0. The molecule has 1 aliphatic heterocycles. The fourth-order valence-electron chi connectivity index (χ4n) is 3.06. The molecule has 0 aliphatic carbocycles. The van der Waals surface area contributed by atoms with Crippen molar-refractivity contribution in [1.82, 2.24) is 20.9 Å². The SMILES string of the molecule is O=C(NC(Cc1cccnc1)C(=O)NC1CCNCC1)c1ccccc1. The number of hydrogen-bond donors (Lipinski definition) is 3. The zero-order chi connectivity index (χ0) is 18.2. The summed E-state index contributed by atoms with van der Waals surface area (Å²) in [5.74, 6) is -0.398. The molecule has 1 saturated heterocycles. The summed E-state index contributed by atoms with van der Waals surface area (Å²) in [6.45, 7) is 1.79. The van der Waals surface area contributed by atoms with Crippen LogP contribution in [0.5, 0.6) is 0 Å². The lowest BCUT2D eigenvalue weighted by Gasteiger charge is -2.26. The standard InChI is InChI=1S/C20H24N4O2/c25-19(16-6-2-1-3-7-16)24-18(13-15-5-4-10-22-14-15)20(26)23-17-8-11-21-12-9-17/h1-7,10,14,17-18,21H,8-9,11-13H2,(H,23,26)(H,24,25). The van der Waals surface area contributed by atoms with Gasteiger partial charge in [-0.15, -0.1) is 0 Å². The molecule has 1 aromatic heterocycles. The molecule has 6 nitrogen and oxygen atoms in total. The molecule has 0 spiro atoms. The normalized spacial score (nSPS) is 15.8. The molecule has 0 saturated carbocycles. The van der Waals surface area contributed by atoms with E-state index in [1.807, 2.05) is 18.2 Å². The fraction of sp³-hybridized carbons (Fsp3) is 0.350. The van der Waals surface area contributed by atoms with Gasteiger partial charge in [-0.25, -0.2) is 0 Å². The Balaban J connectivity index is 1.70. The molecule has 1 aliphatic rings. The Morgan fingerprint density at radius 2 is 1.88 bits per heavy atom. The molecule has 2 aromatic rings. The van der Waals surface area contributed by atoms with Crippen molar-refractivity contribution in [1.29, 1.82) is 0 Å². The first-order chi connectivity index (χ1) is 12.7. The van der Waals surface area contributed by atoms with Crippen molar-refractivity contribution in [2.75, 3.05) is 13.1 Å². The average molecular weight is 352 g/mol. The zero-order valence-corrected chi connectivity index (χ0v) is 14.7. The van der Waals surface area contributed by atoms with E-state index in [9.17, 15) is 9.59 Å². The van der Waals surface area contributed by atoms with Gasteiger partial charge in [0.25, 0.3) is 5.91 Å². The van der Waals surface area contributed by atoms with Gasteiger partial charge in [0.1, 0.15) is 6.04 Å². The van der Waals surface area contributed by atoms with Crippen molar-refractivity contribution in [3.8, 4) is 0 Å². The van der Waals surface area contributed by atoms with E-state index in [4.69, 9.17) is 0 Å². The number of nitrogens with one attached hydrogen (secondary N) is 3. The summed E-state index contributed by atoms with van der Waals surface area (Å²) in [7, 11) is 0. The Hall–Kier alpha value is -2.73. The fourth-order valence-corrected chi connectivity index (χ4v) is 3.06. The molecule has 6 heteroatoms. The molecule has 3 N–H and O–H groups in total. The van der Waals surface area contributed by atoms with E-state index < -0.39 is 6.04 Å². The number of carbonyl (C=O) groups excluding carboxylic acids is 2. The van der Waals surface area contributed by atoms with E-state index in [2.05, 4.69) is 20.9 Å². The minimum absolute atomic E-state index is 0.147. The third kappa shape index (κ3) is 5.13. The van der Waals surface area contributed by atoms with Crippen LogP contribution < -0.4 is 16.0 Å². The van der Waals surface area contributed by atoms with Gasteiger partial charge in [0, 0.05) is 30.4 Å². The molecule has 0 radical (unpaired) electrons. The summed E-state index contributed by atoms with van der Waals surface area (Å²) in [5.41, 5.74) is 1.45. The maximum absolute atomic E-state index is 12.8. The second-order valence-corrected chi connectivity index (χ2v) is 6.49. The maximum atomic E-state index is 12.8. The largest absolute Gasteiger partial charge is 0.351 e. The van der Waals surface area contributed by atoms with Gasteiger partial charge in [-0.1, -0.05) is 24.3 Å². The van der Waals surface area contributed by atoms with Crippen LogP contribution in [0.3, 0.4) is 0 Å². The van der Waals surface area contributed by atoms with Crippen molar-refractivity contribution >= 4 is 11.8 Å². The van der Waals surface area contributed by atoms with E-state index >= 15 is 0 Å². The van der Waals surface area contributed by atoms with E-state index in [1.54, 1.807) is 36.7 Å². The van der Waals surface area contributed by atoms with E-state index in [0.29, 0.717) is 12.0 Å². The first-order valence-electron chi connectivity index (χ1n) is 8.98. The monoisotopic (exact) mass is 352 g/mol. The number of pyridine rings is 1. The molecular formula is C20H24N4O2. The van der Waals surface area contributed by atoms with Crippen LogP contribution >= 0.6 is 0 Å². The number of amides is 2. The highest BCUT2D eigenvalue weighted by Gasteiger charge is 2.25. The first kappa shape index (κ1) is 18.1. The summed E-state index contributed by atoms with van der Waals surface area (Å²) < 4.78 is 0. The van der Waals surface area contributed by atoms with E-state index in [-0.39, 0.29) is 17.9 Å². The van der Waals surface area contributed by atoms with Gasteiger partial charge < -0.3 is 16.0 Å². The minimum atomic E-state index is -0.637. The van der Waals surface area contributed by atoms with Crippen LogP contribution in [0.4, 0.5) is 0 Å². The number of aromatic nitrogens is 1. The first-order valence-corrected chi connectivity index (χ1v) is 8.98. The Bertz CT molecular complexity index is 715. The molecule has 2 amide bonds. The Labute approximate surface area is 153 Å². The summed E-state index contributed by atoms with van der Waals surface area (Å²) in [6, 6.07) is 12.2. The predicted octanol–water partition coefficient (Wildman–Crippen LogP) is 1.29. The van der Waals surface area contributed by atoms with Crippen LogP contribution in [0, 0.1) is 0 Å². The lowest BCUT2D eigenvalue weighted by atomic mass is 10.0. The van der Waals surface area contributed by atoms with Crippen LogP contribution in [-0.2, 0) is 11.2 Å². The molecule has 2 heterocycles. The van der Waals surface area contributed by atoms with Gasteiger partial charge in [0.05, 0.1) is 0 Å². The second-order valence-electron chi connectivity index (χ2n) is 6.49.